The monoisotopic (exact) mass is 273 g/mol. The standard InChI is InChI=1S/C8H8BrN3OS/c1-12-4-5(10-11-12)8(13)6-2-3-7(9)14-6/h2-4,8,13H,1H3. The maximum absolute atomic E-state index is 9.89. The van der Waals surface area contributed by atoms with Crippen molar-refractivity contribution in [3.05, 3.63) is 32.7 Å². The van der Waals surface area contributed by atoms with Gasteiger partial charge in [0.2, 0.25) is 0 Å². The Kier molecular flexibility index (Phi) is 2.66. The molecule has 0 spiro atoms. The molecule has 0 aliphatic heterocycles. The van der Waals surface area contributed by atoms with Crippen LogP contribution in [0.2, 0.25) is 0 Å². The number of halogens is 1. The number of aliphatic hydroxyl groups excluding tert-OH is 1. The van der Waals surface area contributed by atoms with Crippen molar-refractivity contribution in [1.29, 1.82) is 0 Å². The van der Waals surface area contributed by atoms with Crippen LogP contribution >= 0.6 is 27.3 Å². The van der Waals surface area contributed by atoms with Crippen LogP contribution in [0, 0.1) is 0 Å². The molecule has 1 N–H and O–H groups in total. The highest BCUT2D eigenvalue weighted by Crippen LogP contribution is 2.29. The summed E-state index contributed by atoms with van der Waals surface area (Å²) >= 11 is 4.83. The summed E-state index contributed by atoms with van der Waals surface area (Å²) < 4.78 is 2.57. The Hall–Kier alpha value is -0.720. The van der Waals surface area contributed by atoms with Crippen LogP contribution in [0.5, 0.6) is 0 Å². The number of aliphatic hydroxyl groups is 1. The molecule has 0 aromatic carbocycles. The van der Waals surface area contributed by atoms with Crippen LogP contribution in [-0.4, -0.2) is 20.1 Å². The van der Waals surface area contributed by atoms with Crippen molar-refractivity contribution in [1.82, 2.24) is 15.0 Å². The number of hydrogen-bond donors (Lipinski definition) is 1. The van der Waals surface area contributed by atoms with Gasteiger partial charge in [0.25, 0.3) is 0 Å². The Bertz CT molecular complexity index is 399. The van der Waals surface area contributed by atoms with Crippen molar-refractivity contribution in [3.8, 4) is 0 Å². The smallest absolute Gasteiger partial charge is 0.134 e. The molecule has 14 heavy (non-hydrogen) atoms. The van der Waals surface area contributed by atoms with Gasteiger partial charge in [-0.25, -0.2) is 0 Å². The number of hydrogen-bond acceptors (Lipinski definition) is 4. The lowest BCUT2D eigenvalue weighted by Crippen LogP contribution is -1.96. The van der Waals surface area contributed by atoms with E-state index in [2.05, 4.69) is 26.2 Å². The van der Waals surface area contributed by atoms with E-state index in [-0.39, 0.29) is 0 Å². The summed E-state index contributed by atoms with van der Waals surface area (Å²) in [7, 11) is 1.77. The van der Waals surface area contributed by atoms with E-state index in [4.69, 9.17) is 0 Å². The first kappa shape index (κ1) is 9.82. The zero-order chi connectivity index (χ0) is 10.1. The molecule has 0 aliphatic rings. The molecule has 2 rings (SSSR count). The van der Waals surface area contributed by atoms with Crippen LogP contribution < -0.4 is 0 Å². The van der Waals surface area contributed by atoms with Gasteiger partial charge in [0.05, 0.1) is 9.98 Å². The van der Waals surface area contributed by atoms with Crippen molar-refractivity contribution >= 4 is 27.3 Å². The van der Waals surface area contributed by atoms with E-state index >= 15 is 0 Å². The van der Waals surface area contributed by atoms with Gasteiger partial charge in [0, 0.05) is 11.9 Å². The fourth-order valence-corrected chi connectivity index (χ4v) is 2.53. The van der Waals surface area contributed by atoms with Gasteiger partial charge in [0.1, 0.15) is 11.8 Å². The number of nitrogens with zero attached hydrogens (tertiary/aromatic N) is 3. The highest BCUT2D eigenvalue weighted by atomic mass is 79.9. The van der Waals surface area contributed by atoms with Crippen molar-refractivity contribution in [2.45, 2.75) is 6.10 Å². The third-order valence-electron chi connectivity index (χ3n) is 1.76. The lowest BCUT2D eigenvalue weighted by Gasteiger charge is -2.02. The Labute approximate surface area is 93.3 Å². The predicted molar refractivity (Wildman–Crippen MR) is 57.1 cm³/mol. The van der Waals surface area contributed by atoms with Crippen LogP contribution in [0.3, 0.4) is 0 Å². The molecule has 1 unspecified atom stereocenters. The third kappa shape index (κ3) is 1.87. The van der Waals surface area contributed by atoms with E-state index in [1.807, 2.05) is 12.1 Å². The summed E-state index contributed by atoms with van der Waals surface area (Å²) in [5.41, 5.74) is 0.571. The minimum atomic E-state index is -0.681. The quantitative estimate of drug-likeness (QED) is 0.907. The third-order valence-corrected chi connectivity index (χ3v) is 3.44. The number of aryl methyl sites for hydroxylation is 1. The summed E-state index contributed by atoms with van der Waals surface area (Å²) in [6.07, 6.45) is 1.03. The number of thiophene rings is 1. The summed E-state index contributed by atoms with van der Waals surface area (Å²) in [6, 6.07) is 3.77. The fraction of sp³-hybridized carbons (Fsp3) is 0.250. The molecular formula is C8H8BrN3OS. The molecule has 0 fully saturated rings. The normalized spacial score (nSPS) is 13.1. The molecule has 6 heteroatoms. The van der Waals surface area contributed by atoms with Gasteiger partial charge in [-0.1, -0.05) is 5.21 Å². The largest absolute Gasteiger partial charge is 0.381 e. The molecule has 0 amide bonds. The first-order chi connectivity index (χ1) is 6.66. The molecule has 2 heterocycles. The molecule has 0 saturated heterocycles. The van der Waals surface area contributed by atoms with E-state index in [0.717, 1.165) is 8.66 Å². The van der Waals surface area contributed by atoms with E-state index in [1.54, 1.807) is 17.9 Å². The van der Waals surface area contributed by atoms with E-state index < -0.39 is 6.10 Å². The maximum Gasteiger partial charge on any atom is 0.134 e. The summed E-state index contributed by atoms with van der Waals surface area (Å²) in [6.45, 7) is 0. The lowest BCUT2D eigenvalue weighted by atomic mass is 10.2. The van der Waals surface area contributed by atoms with Gasteiger partial charge in [-0.15, -0.1) is 16.4 Å². The molecule has 0 bridgehead atoms. The second-order valence-corrected chi connectivity index (χ2v) is 5.36. The van der Waals surface area contributed by atoms with Crippen LogP contribution in [0.4, 0.5) is 0 Å². The lowest BCUT2D eigenvalue weighted by molar-refractivity contribution is 0.219. The topological polar surface area (TPSA) is 50.9 Å². The molecule has 2 aromatic heterocycles. The van der Waals surface area contributed by atoms with Crippen molar-refractivity contribution < 1.29 is 5.11 Å². The molecular weight excluding hydrogens is 266 g/mol. The predicted octanol–water partition coefficient (Wildman–Crippen LogP) is 1.72. The van der Waals surface area contributed by atoms with Gasteiger partial charge >= 0.3 is 0 Å². The average Bonchev–Trinajstić information content (AvgIpc) is 2.73. The SMILES string of the molecule is Cn1cc(C(O)c2ccc(Br)s2)nn1. The summed E-state index contributed by atoms with van der Waals surface area (Å²) in [4.78, 5) is 0.859. The zero-order valence-electron chi connectivity index (χ0n) is 7.38. The van der Waals surface area contributed by atoms with Crippen molar-refractivity contribution in [2.24, 2.45) is 7.05 Å². The summed E-state index contributed by atoms with van der Waals surface area (Å²) in [5, 5.41) is 17.5. The number of rotatable bonds is 2. The Morgan fingerprint density at radius 1 is 1.57 bits per heavy atom. The zero-order valence-corrected chi connectivity index (χ0v) is 9.79. The van der Waals surface area contributed by atoms with E-state index in [9.17, 15) is 5.11 Å². The maximum atomic E-state index is 9.89. The molecule has 0 aliphatic carbocycles. The first-order valence-corrected chi connectivity index (χ1v) is 5.57. The van der Waals surface area contributed by atoms with Gasteiger partial charge in [-0.3, -0.25) is 4.68 Å². The second kappa shape index (κ2) is 3.80. The Morgan fingerprint density at radius 2 is 2.36 bits per heavy atom. The van der Waals surface area contributed by atoms with Crippen molar-refractivity contribution in [2.75, 3.05) is 0 Å². The minimum absolute atomic E-state index is 0.571. The Morgan fingerprint density at radius 3 is 2.86 bits per heavy atom. The molecule has 0 radical (unpaired) electrons. The molecule has 4 nitrogen and oxygen atoms in total. The van der Waals surface area contributed by atoms with E-state index in [0.29, 0.717) is 5.69 Å². The molecule has 74 valence electrons. The van der Waals surface area contributed by atoms with E-state index in [1.165, 1.54) is 11.3 Å². The second-order valence-electron chi connectivity index (χ2n) is 2.86. The first-order valence-electron chi connectivity index (χ1n) is 3.96. The molecule has 2 aromatic rings. The molecule has 1 atom stereocenters. The van der Waals surface area contributed by atoms with Crippen molar-refractivity contribution in [3.63, 3.8) is 0 Å². The van der Waals surface area contributed by atoms with Crippen LogP contribution in [0.15, 0.2) is 22.1 Å². The summed E-state index contributed by atoms with van der Waals surface area (Å²) in [5.74, 6) is 0. The highest BCUT2D eigenvalue weighted by Gasteiger charge is 2.15. The fourth-order valence-electron chi connectivity index (χ4n) is 1.11. The van der Waals surface area contributed by atoms with Crippen LogP contribution in [0.25, 0.3) is 0 Å². The van der Waals surface area contributed by atoms with Gasteiger partial charge in [-0.2, -0.15) is 0 Å². The molecule has 0 saturated carbocycles. The average molecular weight is 274 g/mol. The highest BCUT2D eigenvalue weighted by molar-refractivity contribution is 9.11. The van der Waals surface area contributed by atoms with Gasteiger partial charge in [-0.05, 0) is 28.1 Å². The van der Waals surface area contributed by atoms with Gasteiger partial charge < -0.3 is 5.11 Å². The minimum Gasteiger partial charge on any atom is -0.381 e. The van der Waals surface area contributed by atoms with Crippen LogP contribution in [-0.2, 0) is 7.05 Å². The van der Waals surface area contributed by atoms with Gasteiger partial charge in [0.15, 0.2) is 0 Å². The Balaban J connectivity index is 2.28. The number of aromatic nitrogens is 3. The van der Waals surface area contributed by atoms with Crippen LogP contribution in [0.1, 0.15) is 16.7 Å².